The average molecular weight is 433 g/mol. The van der Waals surface area contributed by atoms with Crippen molar-refractivity contribution in [2.45, 2.75) is 18.9 Å². The van der Waals surface area contributed by atoms with Crippen molar-refractivity contribution in [3.05, 3.63) is 47.3 Å². The number of aliphatic carboxylic acids is 1. The van der Waals surface area contributed by atoms with Crippen molar-refractivity contribution in [2.75, 3.05) is 41.5 Å². The average Bonchev–Trinajstić information content (AvgIpc) is 2.79. The van der Waals surface area contributed by atoms with E-state index in [1.807, 2.05) is 18.2 Å². The minimum Gasteiger partial charge on any atom is -0.494 e. The van der Waals surface area contributed by atoms with E-state index in [4.69, 9.17) is 18.9 Å². The van der Waals surface area contributed by atoms with Crippen LogP contribution < -0.4 is 18.9 Å². The van der Waals surface area contributed by atoms with Crippen LogP contribution in [0.4, 0.5) is 4.39 Å². The van der Waals surface area contributed by atoms with Crippen molar-refractivity contribution >= 4 is 5.97 Å². The van der Waals surface area contributed by atoms with Gasteiger partial charge in [0.15, 0.2) is 23.1 Å². The second-order valence-corrected chi connectivity index (χ2v) is 7.40. The molecule has 1 atom stereocenters. The van der Waals surface area contributed by atoms with Crippen LogP contribution in [-0.2, 0) is 4.79 Å². The number of hydrogen-bond acceptors (Lipinski definition) is 6. The van der Waals surface area contributed by atoms with Gasteiger partial charge in [-0.25, -0.2) is 4.39 Å². The molecule has 31 heavy (non-hydrogen) atoms. The van der Waals surface area contributed by atoms with Crippen LogP contribution in [0.15, 0.2) is 30.3 Å². The highest BCUT2D eigenvalue weighted by Crippen LogP contribution is 2.43. The fraction of sp³-hybridized carbons (Fsp3) is 0.435. The number of benzene rings is 2. The Hall–Kier alpha value is -3.00. The van der Waals surface area contributed by atoms with Crippen molar-refractivity contribution < 1.29 is 33.2 Å². The van der Waals surface area contributed by atoms with E-state index < -0.39 is 11.8 Å². The number of piperidine rings is 1. The van der Waals surface area contributed by atoms with Crippen LogP contribution in [0.25, 0.3) is 0 Å². The number of rotatable bonds is 8. The summed E-state index contributed by atoms with van der Waals surface area (Å²) in [6, 6.07) is 8.23. The summed E-state index contributed by atoms with van der Waals surface area (Å²) in [5.41, 5.74) is 1.55. The molecule has 0 amide bonds. The van der Waals surface area contributed by atoms with Crippen LogP contribution in [0, 0.1) is 11.7 Å². The quantitative estimate of drug-likeness (QED) is 0.679. The summed E-state index contributed by atoms with van der Waals surface area (Å²) < 4.78 is 36.1. The van der Waals surface area contributed by atoms with Gasteiger partial charge in [-0.15, -0.1) is 0 Å². The van der Waals surface area contributed by atoms with Crippen molar-refractivity contribution in [3.63, 3.8) is 0 Å². The fourth-order valence-corrected chi connectivity index (χ4v) is 4.13. The van der Waals surface area contributed by atoms with Gasteiger partial charge in [-0.3, -0.25) is 9.69 Å². The molecule has 0 bridgehead atoms. The number of ether oxygens (including phenoxy) is 4. The molecule has 1 aliphatic heterocycles. The standard InChI is InChI=1S/C23H28FNO6/c1-28-18-6-5-15(11-17(18)24)21(25-9-7-14(8-10-25)23(26)27)16-12-19(29-2)22(31-4)20(13-16)30-3/h5-6,11-14,21H,7-10H2,1-4H3,(H,26,27). The maximum atomic E-state index is 14.6. The van der Waals surface area contributed by atoms with Gasteiger partial charge in [0.1, 0.15) is 0 Å². The lowest BCUT2D eigenvalue weighted by Gasteiger charge is -2.37. The van der Waals surface area contributed by atoms with E-state index in [0.29, 0.717) is 43.2 Å². The van der Waals surface area contributed by atoms with Gasteiger partial charge in [0, 0.05) is 0 Å². The van der Waals surface area contributed by atoms with E-state index in [-0.39, 0.29) is 17.7 Å². The van der Waals surface area contributed by atoms with Gasteiger partial charge in [0.25, 0.3) is 0 Å². The summed E-state index contributed by atoms with van der Waals surface area (Å²) in [7, 11) is 6.04. The Balaban J connectivity index is 2.08. The van der Waals surface area contributed by atoms with E-state index in [9.17, 15) is 14.3 Å². The maximum Gasteiger partial charge on any atom is 0.306 e. The van der Waals surface area contributed by atoms with Crippen molar-refractivity contribution in [1.82, 2.24) is 4.90 Å². The number of methoxy groups -OCH3 is 4. The summed E-state index contributed by atoms with van der Waals surface area (Å²) in [5, 5.41) is 9.36. The monoisotopic (exact) mass is 433 g/mol. The largest absolute Gasteiger partial charge is 0.494 e. The normalized spacial score (nSPS) is 15.9. The first kappa shape index (κ1) is 22.7. The topological polar surface area (TPSA) is 77.5 Å². The molecule has 8 heteroatoms. The van der Waals surface area contributed by atoms with Crippen molar-refractivity contribution in [3.8, 4) is 23.0 Å². The molecule has 3 rings (SSSR count). The zero-order chi connectivity index (χ0) is 22.5. The lowest BCUT2D eigenvalue weighted by Crippen LogP contribution is -2.39. The summed E-state index contributed by atoms with van der Waals surface area (Å²) in [4.78, 5) is 13.5. The molecule has 168 valence electrons. The third-order valence-corrected chi connectivity index (χ3v) is 5.74. The Labute approximate surface area is 181 Å². The fourth-order valence-electron chi connectivity index (χ4n) is 4.13. The van der Waals surface area contributed by atoms with Crippen LogP contribution >= 0.6 is 0 Å². The van der Waals surface area contributed by atoms with Gasteiger partial charge in [-0.1, -0.05) is 6.07 Å². The predicted octanol–water partition coefficient (Wildman–Crippen LogP) is 3.75. The molecule has 0 aromatic heterocycles. The van der Waals surface area contributed by atoms with E-state index in [1.54, 1.807) is 20.3 Å². The number of hydrogen-bond donors (Lipinski definition) is 1. The van der Waals surface area contributed by atoms with Crippen LogP contribution in [0.5, 0.6) is 23.0 Å². The minimum absolute atomic E-state index is 0.164. The van der Waals surface area contributed by atoms with Crippen LogP contribution in [-0.4, -0.2) is 57.5 Å². The smallest absolute Gasteiger partial charge is 0.306 e. The molecule has 2 aromatic rings. The van der Waals surface area contributed by atoms with Crippen LogP contribution in [0.3, 0.4) is 0 Å². The molecule has 0 spiro atoms. The second kappa shape index (κ2) is 9.87. The van der Waals surface area contributed by atoms with Gasteiger partial charge in [0.05, 0.1) is 40.4 Å². The Kier molecular flexibility index (Phi) is 7.22. The molecule has 0 saturated carbocycles. The number of nitrogens with zero attached hydrogens (tertiary/aromatic N) is 1. The lowest BCUT2D eigenvalue weighted by molar-refractivity contribution is -0.143. The number of carbonyl (C=O) groups is 1. The molecule has 1 saturated heterocycles. The molecule has 0 radical (unpaired) electrons. The Bertz CT molecular complexity index is 901. The highest BCUT2D eigenvalue weighted by atomic mass is 19.1. The van der Waals surface area contributed by atoms with E-state index in [0.717, 1.165) is 11.1 Å². The minimum atomic E-state index is -0.778. The lowest BCUT2D eigenvalue weighted by atomic mass is 9.91. The number of halogens is 1. The van der Waals surface area contributed by atoms with Gasteiger partial charge < -0.3 is 24.1 Å². The SMILES string of the molecule is COc1ccc(C(c2cc(OC)c(OC)c(OC)c2)N2CCC(C(=O)O)CC2)cc1F. The first-order valence-corrected chi connectivity index (χ1v) is 10.0. The molecule has 7 nitrogen and oxygen atoms in total. The second-order valence-electron chi connectivity index (χ2n) is 7.40. The van der Waals surface area contributed by atoms with Crippen LogP contribution in [0.1, 0.15) is 30.0 Å². The Morgan fingerprint density at radius 3 is 1.97 bits per heavy atom. The first-order chi connectivity index (χ1) is 14.9. The predicted molar refractivity (Wildman–Crippen MR) is 113 cm³/mol. The number of carboxylic acid groups (broad SMARTS) is 1. The summed E-state index contributed by atoms with van der Waals surface area (Å²) in [6.07, 6.45) is 1.05. The zero-order valence-corrected chi connectivity index (χ0v) is 18.2. The third-order valence-electron chi connectivity index (χ3n) is 5.74. The molecule has 1 heterocycles. The van der Waals surface area contributed by atoms with Gasteiger partial charge in [0.2, 0.25) is 5.75 Å². The Morgan fingerprint density at radius 2 is 1.52 bits per heavy atom. The van der Waals surface area contributed by atoms with E-state index in [1.165, 1.54) is 20.3 Å². The molecule has 0 aliphatic carbocycles. The molecule has 1 fully saturated rings. The molecule has 1 aliphatic rings. The first-order valence-electron chi connectivity index (χ1n) is 10.0. The highest BCUT2D eigenvalue weighted by molar-refractivity contribution is 5.70. The summed E-state index contributed by atoms with van der Waals surface area (Å²) >= 11 is 0. The molecule has 2 aromatic carbocycles. The summed E-state index contributed by atoms with van der Waals surface area (Å²) in [6.45, 7) is 1.12. The highest BCUT2D eigenvalue weighted by Gasteiger charge is 2.32. The zero-order valence-electron chi connectivity index (χ0n) is 18.2. The van der Waals surface area contributed by atoms with Crippen LogP contribution in [0.2, 0.25) is 0 Å². The van der Waals surface area contributed by atoms with E-state index in [2.05, 4.69) is 4.90 Å². The molecule has 1 unspecified atom stereocenters. The molecular weight excluding hydrogens is 405 g/mol. The molecule has 1 N–H and O–H groups in total. The van der Waals surface area contributed by atoms with Crippen molar-refractivity contribution in [2.24, 2.45) is 5.92 Å². The maximum absolute atomic E-state index is 14.6. The van der Waals surface area contributed by atoms with E-state index >= 15 is 0 Å². The van der Waals surface area contributed by atoms with Gasteiger partial charge >= 0.3 is 5.97 Å². The van der Waals surface area contributed by atoms with Gasteiger partial charge in [-0.05, 0) is 61.3 Å². The number of carboxylic acids is 1. The Morgan fingerprint density at radius 1 is 0.935 bits per heavy atom. The van der Waals surface area contributed by atoms with Gasteiger partial charge in [-0.2, -0.15) is 0 Å². The van der Waals surface area contributed by atoms with Crippen molar-refractivity contribution in [1.29, 1.82) is 0 Å². The third kappa shape index (κ3) is 4.69. The number of likely N-dealkylation sites (tertiary alicyclic amines) is 1. The summed E-state index contributed by atoms with van der Waals surface area (Å²) in [5.74, 6) is 0.0178. The molecular formula is C23H28FNO6.